The van der Waals surface area contributed by atoms with Crippen molar-refractivity contribution >= 4 is 17.6 Å². The molecule has 0 radical (unpaired) electrons. The highest BCUT2D eigenvalue weighted by Crippen LogP contribution is 2.23. The van der Waals surface area contributed by atoms with E-state index in [4.69, 9.17) is 14.2 Å². The number of esters is 1. The van der Waals surface area contributed by atoms with Crippen LogP contribution in [0, 0.1) is 0 Å². The van der Waals surface area contributed by atoms with E-state index in [0.717, 1.165) is 5.56 Å². The van der Waals surface area contributed by atoms with Crippen molar-refractivity contribution in [3.8, 4) is 17.2 Å². The topological polar surface area (TPSA) is 83.1 Å². The fraction of sp³-hybridized carbons (Fsp3) is 0.300. The van der Waals surface area contributed by atoms with Crippen LogP contribution >= 0.6 is 0 Å². The van der Waals surface area contributed by atoms with Gasteiger partial charge in [0.25, 0.3) is 5.91 Å². The molecule has 0 heterocycles. The van der Waals surface area contributed by atoms with E-state index in [1.165, 1.54) is 38.5 Å². The second-order valence-electron chi connectivity index (χ2n) is 5.83. The Bertz CT molecular complexity index is 804. The monoisotopic (exact) mass is 409 g/mol. The highest BCUT2D eigenvalue weighted by Gasteiger charge is 2.10. The predicted molar refractivity (Wildman–Crippen MR) is 101 cm³/mol. The smallest absolute Gasteiger partial charge is 0.387 e. The molecule has 2 aromatic carbocycles. The molecule has 156 valence electrons. The maximum atomic E-state index is 12.1. The molecule has 0 unspecified atom stereocenters. The van der Waals surface area contributed by atoms with E-state index in [9.17, 15) is 18.4 Å². The molecule has 0 saturated carbocycles. The molecule has 0 aliphatic carbocycles. The minimum Gasteiger partial charge on any atom is -0.497 e. The van der Waals surface area contributed by atoms with Crippen molar-refractivity contribution in [2.24, 2.45) is 0 Å². The molecule has 2 rings (SSSR count). The Morgan fingerprint density at radius 2 is 1.59 bits per heavy atom. The number of hydrogen-bond donors (Lipinski definition) is 1. The molecule has 1 N–H and O–H groups in total. The normalized spacial score (nSPS) is 10.4. The van der Waals surface area contributed by atoms with E-state index in [0.29, 0.717) is 23.6 Å². The molecule has 0 spiro atoms. The Labute approximate surface area is 166 Å². The first kappa shape index (κ1) is 21.9. The Hall–Kier alpha value is -3.36. The molecule has 9 heteroatoms. The molecule has 1 amide bonds. The third-order valence-corrected chi connectivity index (χ3v) is 3.76. The lowest BCUT2D eigenvalue weighted by molar-refractivity contribution is -0.147. The summed E-state index contributed by atoms with van der Waals surface area (Å²) in [6, 6.07) is 10.7. The molecule has 0 fully saturated rings. The average molecular weight is 409 g/mol. The lowest BCUT2D eigenvalue weighted by Crippen LogP contribution is -2.21. The summed E-state index contributed by atoms with van der Waals surface area (Å²) in [6.45, 7) is -3.39. The quantitative estimate of drug-likeness (QED) is 0.606. The lowest BCUT2D eigenvalue weighted by atomic mass is 10.1. The number of halogens is 2. The summed E-state index contributed by atoms with van der Waals surface area (Å²) < 4.78 is 43.7. The number of methoxy groups -OCH3 is 2. The summed E-state index contributed by atoms with van der Waals surface area (Å²) in [5.74, 6) is 0.0965. The first-order chi connectivity index (χ1) is 13.9. The zero-order valence-corrected chi connectivity index (χ0v) is 15.9. The van der Waals surface area contributed by atoms with Gasteiger partial charge in [0.15, 0.2) is 6.61 Å². The fourth-order valence-corrected chi connectivity index (χ4v) is 2.39. The number of benzene rings is 2. The second kappa shape index (κ2) is 10.8. The van der Waals surface area contributed by atoms with Crippen LogP contribution in [0.25, 0.3) is 0 Å². The number of carbonyl (C=O) groups excluding carboxylic acids is 2. The molecule has 0 saturated heterocycles. The Morgan fingerprint density at radius 3 is 2.14 bits per heavy atom. The van der Waals surface area contributed by atoms with Gasteiger partial charge in [-0.15, -0.1) is 0 Å². The number of anilines is 1. The number of amides is 1. The minimum atomic E-state index is -2.92. The van der Waals surface area contributed by atoms with Crippen LogP contribution in [0.3, 0.4) is 0 Å². The summed E-state index contributed by atoms with van der Waals surface area (Å²) in [7, 11) is 3.07. The largest absolute Gasteiger partial charge is 0.497 e. The van der Waals surface area contributed by atoms with Gasteiger partial charge < -0.3 is 24.3 Å². The van der Waals surface area contributed by atoms with E-state index in [1.807, 2.05) is 0 Å². The third-order valence-electron chi connectivity index (χ3n) is 3.76. The van der Waals surface area contributed by atoms with Crippen molar-refractivity contribution in [1.29, 1.82) is 0 Å². The Kier molecular flexibility index (Phi) is 8.20. The minimum absolute atomic E-state index is 0.0291. The number of carbonyl (C=O) groups is 2. The van der Waals surface area contributed by atoms with Gasteiger partial charge in [0, 0.05) is 18.2 Å². The van der Waals surface area contributed by atoms with Gasteiger partial charge in [0.2, 0.25) is 0 Å². The second-order valence-corrected chi connectivity index (χ2v) is 5.83. The Balaban J connectivity index is 1.76. The number of rotatable bonds is 10. The van der Waals surface area contributed by atoms with E-state index in [2.05, 4.69) is 10.1 Å². The van der Waals surface area contributed by atoms with E-state index < -0.39 is 25.1 Å². The van der Waals surface area contributed by atoms with Gasteiger partial charge in [-0.3, -0.25) is 9.59 Å². The summed E-state index contributed by atoms with van der Waals surface area (Å²) in [6.07, 6.45) is 0.461. The van der Waals surface area contributed by atoms with Crippen molar-refractivity contribution in [2.75, 3.05) is 26.1 Å². The standard InChI is InChI=1S/C20H21F2NO6/c1-26-16-9-13(10-17(11-16)27-2)3-8-19(25)28-12-18(24)23-14-4-6-15(7-5-14)29-20(21)22/h4-7,9-11,20H,3,8,12H2,1-2H3,(H,23,24). The molecule has 0 aromatic heterocycles. The van der Waals surface area contributed by atoms with Gasteiger partial charge in [0.05, 0.1) is 14.2 Å². The summed E-state index contributed by atoms with van der Waals surface area (Å²) in [5.41, 5.74) is 1.19. The predicted octanol–water partition coefficient (Wildman–Crippen LogP) is 3.42. The van der Waals surface area contributed by atoms with E-state index in [1.54, 1.807) is 18.2 Å². The van der Waals surface area contributed by atoms with Crippen LogP contribution in [0.1, 0.15) is 12.0 Å². The van der Waals surface area contributed by atoms with Gasteiger partial charge in [-0.2, -0.15) is 8.78 Å². The maximum Gasteiger partial charge on any atom is 0.387 e. The average Bonchev–Trinajstić information content (AvgIpc) is 2.71. The molecule has 2 aromatic rings. The van der Waals surface area contributed by atoms with Crippen LogP contribution in [-0.4, -0.2) is 39.3 Å². The van der Waals surface area contributed by atoms with Crippen LogP contribution in [0.2, 0.25) is 0 Å². The van der Waals surface area contributed by atoms with Crippen molar-refractivity contribution in [1.82, 2.24) is 0 Å². The lowest BCUT2D eigenvalue weighted by Gasteiger charge is -2.09. The van der Waals surface area contributed by atoms with Gasteiger partial charge >= 0.3 is 12.6 Å². The van der Waals surface area contributed by atoms with E-state index >= 15 is 0 Å². The Morgan fingerprint density at radius 1 is 0.966 bits per heavy atom. The molecular formula is C20H21F2NO6. The van der Waals surface area contributed by atoms with Crippen LogP contribution in [-0.2, 0) is 20.7 Å². The van der Waals surface area contributed by atoms with Gasteiger partial charge in [0.1, 0.15) is 17.2 Å². The SMILES string of the molecule is COc1cc(CCC(=O)OCC(=O)Nc2ccc(OC(F)F)cc2)cc(OC)c1. The van der Waals surface area contributed by atoms with Crippen LogP contribution in [0.4, 0.5) is 14.5 Å². The highest BCUT2D eigenvalue weighted by molar-refractivity contribution is 5.92. The molecule has 29 heavy (non-hydrogen) atoms. The first-order valence-electron chi connectivity index (χ1n) is 8.62. The van der Waals surface area contributed by atoms with E-state index in [-0.39, 0.29) is 12.2 Å². The highest BCUT2D eigenvalue weighted by atomic mass is 19.3. The maximum absolute atomic E-state index is 12.1. The summed E-state index contributed by atoms with van der Waals surface area (Å²) in [5, 5.41) is 2.49. The first-order valence-corrected chi connectivity index (χ1v) is 8.62. The van der Waals surface area contributed by atoms with Crippen molar-refractivity contribution < 1.29 is 37.3 Å². The zero-order chi connectivity index (χ0) is 21.2. The van der Waals surface area contributed by atoms with Crippen molar-refractivity contribution in [2.45, 2.75) is 19.5 Å². The van der Waals surface area contributed by atoms with Gasteiger partial charge in [-0.25, -0.2) is 0 Å². The van der Waals surface area contributed by atoms with Crippen LogP contribution < -0.4 is 19.5 Å². The van der Waals surface area contributed by atoms with Crippen molar-refractivity contribution in [3.63, 3.8) is 0 Å². The number of ether oxygens (including phenoxy) is 4. The number of aryl methyl sites for hydroxylation is 1. The van der Waals surface area contributed by atoms with Crippen molar-refractivity contribution in [3.05, 3.63) is 48.0 Å². The fourth-order valence-electron chi connectivity index (χ4n) is 2.39. The number of alkyl halides is 2. The number of nitrogens with one attached hydrogen (secondary N) is 1. The molecule has 0 atom stereocenters. The molecule has 0 aliphatic heterocycles. The van der Waals surface area contributed by atoms with Crippen LogP contribution in [0.15, 0.2) is 42.5 Å². The summed E-state index contributed by atoms with van der Waals surface area (Å²) in [4.78, 5) is 23.7. The van der Waals surface area contributed by atoms with Crippen LogP contribution in [0.5, 0.6) is 17.2 Å². The third kappa shape index (κ3) is 7.65. The zero-order valence-electron chi connectivity index (χ0n) is 15.9. The molecule has 7 nitrogen and oxygen atoms in total. The molecule has 0 bridgehead atoms. The molecule has 0 aliphatic rings. The molecular weight excluding hydrogens is 388 g/mol. The van der Waals surface area contributed by atoms with Gasteiger partial charge in [-0.1, -0.05) is 0 Å². The number of hydrogen-bond acceptors (Lipinski definition) is 6. The van der Waals surface area contributed by atoms with Gasteiger partial charge in [-0.05, 0) is 48.4 Å². The summed E-state index contributed by atoms with van der Waals surface area (Å²) >= 11 is 0.